The van der Waals surface area contributed by atoms with Crippen LogP contribution in [0.5, 0.6) is 0 Å². The van der Waals surface area contributed by atoms with Gasteiger partial charge in [-0.05, 0) is 37.1 Å². The Hall–Kier alpha value is -2.68. The van der Waals surface area contributed by atoms with E-state index in [-0.39, 0.29) is 23.3 Å². The number of benzene rings is 1. The van der Waals surface area contributed by atoms with Crippen LogP contribution in [-0.2, 0) is 4.74 Å². The molecule has 0 aliphatic carbocycles. The summed E-state index contributed by atoms with van der Waals surface area (Å²) < 4.78 is 45.1. The summed E-state index contributed by atoms with van der Waals surface area (Å²) in [6.07, 6.45) is 1.88. The number of rotatable bonds is 5. The van der Waals surface area contributed by atoms with Crippen molar-refractivity contribution in [3.63, 3.8) is 0 Å². The molecule has 2 aromatic rings. The lowest BCUT2D eigenvalue weighted by Gasteiger charge is -2.10. The highest BCUT2D eigenvalue weighted by molar-refractivity contribution is 5.92. The lowest BCUT2D eigenvalue weighted by atomic mass is 10.2. The molecule has 2 N–H and O–H groups in total. The molecule has 1 aliphatic heterocycles. The van der Waals surface area contributed by atoms with E-state index in [1.165, 1.54) is 12.1 Å². The fourth-order valence-corrected chi connectivity index (χ4v) is 2.38. The zero-order valence-electron chi connectivity index (χ0n) is 13.1. The molecular formula is C16H15F3N4O2. The third-order valence-corrected chi connectivity index (χ3v) is 3.71. The first kappa shape index (κ1) is 17.2. The minimum Gasteiger partial charge on any atom is -0.376 e. The summed E-state index contributed by atoms with van der Waals surface area (Å²) in [6, 6.07) is 4.60. The number of nitrogens with zero attached hydrogens (tertiary/aromatic N) is 2. The van der Waals surface area contributed by atoms with Gasteiger partial charge < -0.3 is 15.4 Å². The Balaban J connectivity index is 1.62. The van der Waals surface area contributed by atoms with Crippen molar-refractivity contribution in [3.05, 3.63) is 47.4 Å². The van der Waals surface area contributed by atoms with Crippen LogP contribution in [0, 0.1) is 17.5 Å². The van der Waals surface area contributed by atoms with Crippen LogP contribution in [0.15, 0.2) is 24.3 Å². The van der Waals surface area contributed by atoms with E-state index in [4.69, 9.17) is 4.74 Å². The average molecular weight is 352 g/mol. The molecule has 0 spiro atoms. The Morgan fingerprint density at radius 2 is 2.00 bits per heavy atom. The van der Waals surface area contributed by atoms with E-state index >= 15 is 0 Å². The molecule has 0 saturated carbocycles. The highest BCUT2D eigenvalue weighted by atomic mass is 19.2. The Bertz CT molecular complexity index is 765. The molecule has 1 amide bonds. The van der Waals surface area contributed by atoms with E-state index < -0.39 is 23.4 Å². The van der Waals surface area contributed by atoms with Gasteiger partial charge in [0.1, 0.15) is 0 Å². The van der Waals surface area contributed by atoms with Crippen LogP contribution in [-0.4, -0.2) is 35.4 Å². The number of halogens is 3. The van der Waals surface area contributed by atoms with Gasteiger partial charge in [0.2, 0.25) is 0 Å². The SMILES string of the molecule is O=C(NCC1CCCO1)c1ccc(Nc2ccc(F)c(F)c2F)nn1. The van der Waals surface area contributed by atoms with Gasteiger partial charge in [0.25, 0.3) is 5.91 Å². The second kappa shape index (κ2) is 7.47. The van der Waals surface area contributed by atoms with Crippen molar-refractivity contribution < 1.29 is 22.7 Å². The van der Waals surface area contributed by atoms with Gasteiger partial charge in [0.05, 0.1) is 11.8 Å². The summed E-state index contributed by atoms with van der Waals surface area (Å²) in [5, 5.41) is 12.6. The van der Waals surface area contributed by atoms with Gasteiger partial charge in [-0.15, -0.1) is 10.2 Å². The molecule has 1 aromatic carbocycles. The summed E-state index contributed by atoms with van der Waals surface area (Å²) in [4.78, 5) is 12.0. The second-order valence-electron chi connectivity index (χ2n) is 5.50. The van der Waals surface area contributed by atoms with Crippen molar-refractivity contribution in [2.75, 3.05) is 18.5 Å². The van der Waals surface area contributed by atoms with Crippen molar-refractivity contribution in [2.45, 2.75) is 18.9 Å². The maximum Gasteiger partial charge on any atom is 0.271 e. The zero-order valence-corrected chi connectivity index (χ0v) is 13.1. The van der Waals surface area contributed by atoms with Gasteiger partial charge in [-0.3, -0.25) is 4.79 Å². The van der Waals surface area contributed by atoms with Crippen molar-refractivity contribution in [1.82, 2.24) is 15.5 Å². The van der Waals surface area contributed by atoms with Crippen molar-refractivity contribution in [1.29, 1.82) is 0 Å². The number of ether oxygens (including phenoxy) is 1. The number of hydrogen-bond donors (Lipinski definition) is 2. The maximum absolute atomic E-state index is 13.6. The third kappa shape index (κ3) is 4.05. The smallest absolute Gasteiger partial charge is 0.271 e. The van der Waals surface area contributed by atoms with Gasteiger partial charge in [-0.25, -0.2) is 13.2 Å². The van der Waals surface area contributed by atoms with E-state index in [1.807, 2.05) is 0 Å². The Kier molecular flexibility index (Phi) is 5.13. The molecule has 3 rings (SSSR count). The van der Waals surface area contributed by atoms with Crippen LogP contribution in [0.25, 0.3) is 0 Å². The number of aromatic nitrogens is 2. The molecule has 1 aromatic heterocycles. The van der Waals surface area contributed by atoms with Gasteiger partial charge >= 0.3 is 0 Å². The minimum absolute atomic E-state index is 0.00852. The molecule has 1 fully saturated rings. The highest BCUT2D eigenvalue weighted by Crippen LogP contribution is 2.22. The molecule has 25 heavy (non-hydrogen) atoms. The van der Waals surface area contributed by atoms with Crippen LogP contribution in [0.2, 0.25) is 0 Å². The first-order valence-corrected chi connectivity index (χ1v) is 7.68. The Morgan fingerprint density at radius 3 is 2.68 bits per heavy atom. The van der Waals surface area contributed by atoms with E-state index in [0.717, 1.165) is 25.0 Å². The summed E-state index contributed by atoms with van der Waals surface area (Å²) in [7, 11) is 0. The Labute approximate surface area is 141 Å². The molecule has 0 bridgehead atoms. The standard InChI is InChI=1S/C16H15F3N4O2/c17-10-3-4-11(15(19)14(10)18)21-13-6-5-12(22-23-13)16(24)20-8-9-2-1-7-25-9/h3-6,9H,1-2,7-8H2,(H,20,24)(H,21,23). The van der Waals surface area contributed by atoms with Gasteiger partial charge in [0, 0.05) is 13.2 Å². The van der Waals surface area contributed by atoms with Crippen LogP contribution < -0.4 is 10.6 Å². The van der Waals surface area contributed by atoms with Crippen LogP contribution >= 0.6 is 0 Å². The van der Waals surface area contributed by atoms with Crippen LogP contribution in [0.1, 0.15) is 23.3 Å². The molecule has 132 valence electrons. The molecule has 9 heteroatoms. The van der Waals surface area contributed by atoms with E-state index in [0.29, 0.717) is 13.2 Å². The van der Waals surface area contributed by atoms with E-state index in [9.17, 15) is 18.0 Å². The predicted octanol–water partition coefficient (Wildman–Crippen LogP) is 2.55. The number of carbonyl (C=O) groups is 1. The summed E-state index contributed by atoms with van der Waals surface area (Å²) in [5.74, 6) is -4.55. The molecule has 2 heterocycles. The summed E-state index contributed by atoms with van der Waals surface area (Å²) in [6.45, 7) is 1.09. The molecule has 1 atom stereocenters. The fraction of sp³-hybridized carbons (Fsp3) is 0.312. The molecule has 1 aliphatic rings. The fourth-order valence-electron chi connectivity index (χ4n) is 2.38. The van der Waals surface area contributed by atoms with Crippen molar-refractivity contribution >= 4 is 17.4 Å². The predicted molar refractivity (Wildman–Crippen MR) is 82.9 cm³/mol. The average Bonchev–Trinajstić information content (AvgIpc) is 3.14. The number of hydrogen-bond acceptors (Lipinski definition) is 5. The Morgan fingerprint density at radius 1 is 1.16 bits per heavy atom. The monoisotopic (exact) mass is 352 g/mol. The van der Waals surface area contributed by atoms with Gasteiger partial charge in [0.15, 0.2) is 29.0 Å². The normalized spacial score (nSPS) is 16.7. The number of amides is 1. The topological polar surface area (TPSA) is 76.1 Å². The lowest BCUT2D eigenvalue weighted by molar-refractivity contribution is 0.0853. The van der Waals surface area contributed by atoms with E-state index in [2.05, 4.69) is 20.8 Å². The van der Waals surface area contributed by atoms with E-state index in [1.54, 1.807) is 0 Å². The largest absolute Gasteiger partial charge is 0.376 e. The number of carbonyl (C=O) groups excluding carboxylic acids is 1. The lowest BCUT2D eigenvalue weighted by Crippen LogP contribution is -2.32. The molecular weight excluding hydrogens is 337 g/mol. The van der Waals surface area contributed by atoms with Crippen LogP contribution in [0.3, 0.4) is 0 Å². The zero-order chi connectivity index (χ0) is 17.8. The summed E-state index contributed by atoms with van der Waals surface area (Å²) in [5.41, 5.74) is -0.210. The first-order chi connectivity index (χ1) is 12.0. The molecule has 0 radical (unpaired) electrons. The number of nitrogens with one attached hydrogen (secondary N) is 2. The molecule has 1 unspecified atom stereocenters. The van der Waals surface area contributed by atoms with Crippen LogP contribution in [0.4, 0.5) is 24.7 Å². The maximum atomic E-state index is 13.6. The highest BCUT2D eigenvalue weighted by Gasteiger charge is 2.18. The van der Waals surface area contributed by atoms with Crippen molar-refractivity contribution in [2.24, 2.45) is 0 Å². The minimum atomic E-state index is -1.58. The quantitative estimate of drug-likeness (QED) is 0.809. The summed E-state index contributed by atoms with van der Waals surface area (Å²) >= 11 is 0. The first-order valence-electron chi connectivity index (χ1n) is 7.68. The molecule has 6 nitrogen and oxygen atoms in total. The van der Waals surface area contributed by atoms with Gasteiger partial charge in [-0.1, -0.05) is 0 Å². The van der Waals surface area contributed by atoms with Gasteiger partial charge in [-0.2, -0.15) is 0 Å². The number of anilines is 2. The second-order valence-corrected chi connectivity index (χ2v) is 5.50. The third-order valence-electron chi connectivity index (χ3n) is 3.71. The van der Waals surface area contributed by atoms with Crippen molar-refractivity contribution in [3.8, 4) is 0 Å². The molecule has 1 saturated heterocycles.